The maximum atomic E-state index is 12.1. The Morgan fingerprint density at radius 2 is 2.20 bits per heavy atom. The number of piperidine rings is 1. The molecule has 1 aromatic rings. The van der Waals surface area contributed by atoms with Crippen LogP contribution in [0.3, 0.4) is 0 Å². The van der Waals surface area contributed by atoms with E-state index in [1.165, 1.54) is 12.8 Å². The molecular formula is C18H32N6O. The highest BCUT2D eigenvalue weighted by Gasteiger charge is 2.25. The van der Waals surface area contributed by atoms with Gasteiger partial charge in [-0.15, -0.1) is 5.10 Å². The number of carbonyl (C=O) groups excluding carboxylic acids is 1. The van der Waals surface area contributed by atoms with E-state index in [0.29, 0.717) is 5.92 Å². The van der Waals surface area contributed by atoms with Gasteiger partial charge in [0.05, 0.1) is 23.5 Å². The van der Waals surface area contributed by atoms with Crippen LogP contribution in [0, 0.1) is 5.92 Å². The Labute approximate surface area is 150 Å². The molecular weight excluding hydrogens is 316 g/mol. The Balaban J connectivity index is 1.46. The van der Waals surface area contributed by atoms with Crippen LogP contribution in [0.2, 0.25) is 0 Å². The molecule has 7 nitrogen and oxygen atoms in total. The fraction of sp³-hybridized carbons (Fsp3) is 0.833. The van der Waals surface area contributed by atoms with Crippen molar-refractivity contribution in [1.82, 2.24) is 30.5 Å². The first kappa shape index (κ1) is 18.3. The van der Waals surface area contributed by atoms with Gasteiger partial charge < -0.3 is 10.6 Å². The molecule has 1 amide bonds. The number of carbonyl (C=O) groups is 1. The number of amides is 1. The summed E-state index contributed by atoms with van der Waals surface area (Å²) < 4.78 is 1.93. The van der Waals surface area contributed by atoms with E-state index in [1.807, 2.05) is 4.68 Å². The van der Waals surface area contributed by atoms with Crippen LogP contribution >= 0.6 is 0 Å². The average Bonchev–Trinajstić information content (AvgIpc) is 3.24. The van der Waals surface area contributed by atoms with Crippen molar-refractivity contribution in [2.45, 2.75) is 64.6 Å². The van der Waals surface area contributed by atoms with Gasteiger partial charge in [0.2, 0.25) is 5.91 Å². The van der Waals surface area contributed by atoms with Gasteiger partial charge in [0.15, 0.2) is 0 Å². The summed E-state index contributed by atoms with van der Waals surface area (Å²) in [6, 6.07) is 0.0205. The number of aromatic nitrogens is 3. The lowest BCUT2D eigenvalue weighted by molar-refractivity contribution is -0.123. The molecule has 140 valence electrons. The summed E-state index contributed by atoms with van der Waals surface area (Å²) >= 11 is 0. The molecule has 0 bridgehead atoms. The Bertz CT molecular complexity index is 572. The number of nitrogens with one attached hydrogen (secondary N) is 2. The van der Waals surface area contributed by atoms with Gasteiger partial charge in [-0.3, -0.25) is 9.69 Å². The summed E-state index contributed by atoms with van der Waals surface area (Å²) in [5.74, 6) is 0.694. The van der Waals surface area contributed by atoms with Crippen LogP contribution in [-0.2, 0) is 16.9 Å². The maximum Gasteiger partial charge on any atom is 0.237 e. The Hall–Kier alpha value is -1.47. The van der Waals surface area contributed by atoms with Crippen LogP contribution in [0.15, 0.2) is 6.20 Å². The molecule has 2 aliphatic heterocycles. The van der Waals surface area contributed by atoms with Gasteiger partial charge in [-0.05, 0) is 65.5 Å². The summed E-state index contributed by atoms with van der Waals surface area (Å²) in [6.07, 6.45) is 6.48. The molecule has 0 radical (unpaired) electrons. The minimum absolute atomic E-state index is 0.0205. The van der Waals surface area contributed by atoms with Crippen molar-refractivity contribution in [2.24, 2.45) is 5.92 Å². The van der Waals surface area contributed by atoms with Gasteiger partial charge in [0, 0.05) is 19.6 Å². The first-order valence-electron chi connectivity index (χ1n) is 9.57. The first-order chi connectivity index (χ1) is 11.9. The third-order valence-corrected chi connectivity index (χ3v) is 5.16. The molecule has 2 atom stereocenters. The summed E-state index contributed by atoms with van der Waals surface area (Å²) in [6.45, 7) is 11.1. The minimum Gasteiger partial charge on any atom is -0.354 e. The molecule has 3 rings (SSSR count). The molecule has 1 aromatic heterocycles. The van der Waals surface area contributed by atoms with E-state index in [2.05, 4.69) is 52.8 Å². The van der Waals surface area contributed by atoms with E-state index >= 15 is 0 Å². The highest BCUT2D eigenvalue weighted by molar-refractivity contribution is 5.81. The lowest BCUT2D eigenvalue weighted by atomic mass is 9.97. The Morgan fingerprint density at radius 1 is 1.36 bits per heavy atom. The molecule has 0 aliphatic carbocycles. The standard InChI is InChI=1S/C18H32N6O/c1-18(2,3)24-13-15(21-22-24)12-23-9-5-6-14(11-23)10-20-17(25)16-7-4-8-19-16/h13-14,16,19H,4-12H2,1-3H3,(H,20,25). The number of hydrogen-bond donors (Lipinski definition) is 2. The van der Waals surface area contributed by atoms with Crippen LogP contribution < -0.4 is 10.6 Å². The van der Waals surface area contributed by atoms with Crippen molar-refractivity contribution in [3.63, 3.8) is 0 Å². The second-order valence-corrected chi connectivity index (χ2v) is 8.46. The number of nitrogens with zero attached hydrogens (tertiary/aromatic N) is 4. The molecule has 2 N–H and O–H groups in total. The molecule has 0 aromatic carbocycles. The third-order valence-electron chi connectivity index (χ3n) is 5.16. The normalized spacial score (nSPS) is 25.2. The minimum atomic E-state index is -0.0335. The second-order valence-electron chi connectivity index (χ2n) is 8.46. The van der Waals surface area contributed by atoms with Gasteiger partial charge in [0.1, 0.15) is 0 Å². The summed E-state index contributed by atoms with van der Waals surface area (Å²) in [4.78, 5) is 14.6. The zero-order chi connectivity index (χ0) is 17.9. The maximum absolute atomic E-state index is 12.1. The van der Waals surface area contributed by atoms with Gasteiger partial charge in [-0.2, -0.15) is 0 Å². The highest BCUT2D eigenvalue weighted by atomic mass is 16.2. The van der Waals surface area contributed by atoms with E-state index in [4.69, 9.17) is 0 Å². The van der Waals surface area contributed by atoms with E-state index in [9.17, 15) is 4.79 Å². The Kier molecular flexibility index (Phi) is 5.74. The average molecular weight is 348 g/mol. The number of rotatable bonds is 5. The highest BCUT2D eigenvalue weighted by Crippen LogP contribution is 2.19. The predicted octanol–water partition coefficient (Wildman–Crippen LogP) is 1.11. The van der Waals surface area contributed by atoms with Crippen molar-refractivity contribution in [1.29, 1.82) is 0 Å². The molecule has 2 saturated heterocycles. The van der Waals surface area contributed by atoms with Crippen LogP contribution in [0.25, 0.3) is 0 Å². The summed E-state index contributed by atoms with van der Waals surface area (Å²) in [5.41, 5.74) is 0.989. The molecule has 0 saturated carbocycles. The Morgan fingerprint density at radius 3 is 2.88 bits per heavy atom. The monoisotopic (exact) mass is 348 g/mol. The largest absolute Gasteiger partial charge is 0.354 e. The molecule has 2 unspecified atom stereocenters. The smallest absolute Gasteiger partial charge is 0.237 e. The van der Waals surface area contributed by atoms with E-state index in [1.54, 1.807) is 0 Å². The topological polar surface area (TPSA) is 75.1 Å². The predicted molar refractivity (Wildman–Crippen MR) is 97.1 cm³/mol. The molecule has 25 heavy (non-hydrogen) atoms. The molecule has 2 aliphatic rings. The zero-order valence-corrected chi connectivity index (χ0v) is 15.8. The van der Waals surface area contributed by atoms with Crippen molar-refractivity contribution in [3.05, 3.63) is 11.9 Å². The number of hydrogen-bond acceptors (Lipinski definition) is 5. The van der Waals surface area contributed by atoms with Crippen LogP contribution in [0.5, 0.6) is 0 Å². The van der Waals surface area contributed by atoms with Crippen LogP contribution in [0.1, 0.15) is 52.1 Å². The summed E-state index contributed by atoms with van der Waals surface area (Å²) in [7, 11) is 0. The van der Waals surface area contributed by atoms with Crippen molar-refractivity contribution >= 4 is 5.91 Å². The summed E-state index contributed by atoms with van der Waals surface area (Å²) in [5, 5.41) is 15.0. The first-order valence-corrected chi connectivity index (χ1v) is 9.57. The van der Waals surface area contributed by atoms with E-state index < -0.39 is 0 Å². The van der Waals surface area contributed by atoms with E-state index in [-0.39, 0.29) is 17.5 Å². The van der Waals surface area contributed by atoms with Gasteiger partial charge in [0.25, 0.3) is 0 Å². The molecule has 7 heteroatoms. The van der Waals surface area contributed by atoms with Crippen LogP contribution in [-0.4, -0.2) is 58.0 Å². The van der Waals surface area contributed by atoms with Crippen molar-refractivity contribution in [2.75, 3.05) is 26.2 Å². The van der Waals surface area contributed by atoms with Gasteiger partial charge >= 0.3 is 0 Å². The SMILES string of the molecule is CC(C)(C)n1cc(CN2CCCC(CNC(=O)C3CCCN3)C2)nn1. The zero-order valence-electron chi connectivity index (χ0n) is 15.8. The second kappa shape index (κ2) is 7.83. The lowest BCUT2D eigenvalue weighted by Gasteiger charge is -2.32. The fourth-order valence-electron chi connectivity index (χ4n) is 3.67. The van der Waals surface area contributed by atoms with Gasteiger partial charge in [-0.25, -0.2) is 4.68 Å². The quantitative estimate of drug-likeness (QED) is 0.834. The third kappa shape index (κ3) is 5.01. The van der Waals surface area contributed by atoms with Crippen molar-refractivity contribution < 1.29 is 4.79 Å². The lowest BCUT2D eigenvalue weighted by Crippen LogP contribution is -2.45. The fourth-order valence-corrected chi connectivity index (χ4v) is 3.67. The van der Waals surface area contributed by atoms with Gasteiger partial charge in [-0.1, -0.05) is 5.21 Å². The van der Waals surface area contributed by atoms with Crippen LogP contribution in [0.4, 0.5) is 0 Å². The number of likely N-dealkylation sites (tertiary alicyclic amines) is 1. The molecule has 0 spiro atoms. The van der Waals surface area contributed by atoms with E-state index in [0.717, 1.165) is 51.3 Å². The van der Waals surface area contributed by atoms with Crippen molar-refractivity contribution in [3.8, 4) is 0 Å². The molecule has 2 fully saturated rings. The molecule has 3 heterocycles.